The molecule has 2 bridgehead atoms. The Morgan fingerprint density at radius 2 is 2.18 bits per heavy atom. The highest BCUT2D eigenvalue weighted by Crippen LogP contribution is 2.48. The zero-order valence-corrected chi connectivity index (χ0v) is 10.4. The van der Waals surface area contributed by atoms with E-state index in [1.54, 1.807) is 0 Å². The van der Waals surface area contributed by atoms with Crippen LogP contribution in [0.25, 0.3) is 0 Å². The van der Waals surface area contributed by atoms with E-state index >= 15 is 0 Å². The van der Waals surface area contributed by atoms with Gasteiger partial charge in [-0.3, -0.25) is 4.90 Å². The van der Waals surface area contributed by atoms with E-state index in [0.29, 0.717) is 0 Å². The summed E-state index contributed by atoms with van der Waals surface area (Å²) in [5.41, 5.74) is -0.222. The normalized spacial score (nSPS) is 39.2. The molecule has 1 aliphatic heterocycles. The summed E-state index contributed by atoms with van der Waals surface area (Å²) in [5, 5.41) is 8.62. The first-order valence-electron chi connectivity index (χ1n) is 6.65. The second kappa shape index (κ2) is 3.95. The molecule has 0 radical (unpaired) electrons. The predicted octanol–water partition coefficient (Wildman–Crippen LogP) is 1.35. The molecule has 96 valence electrons. The number of aliphatic carboxylic acids is 1. The predicted molar refractivity (Wildman–Crippen MR) is 62.8 cm³/mol. The molecule has 3 atom stereocenters. The van der Waals surface area contributed by atoms with Crippen LogP contribution in [0.1, 0.15) is 32.6 Å². The molecule has 0 aromatic heterocycles. The van der Waals surface area contributed by atoms with Crippen molar-refractivity contribution in [2.24, 2.45) is 11.8 Å². The quantitative estimate of drug-likeness (QED) is 0.804. The minimum absolute atomic E-state index is 0.166. The molecular weight excluding hydrogens is 218 g/mol. The number of rotatable bonds is 4. The third-order valence-corrected chi connectivity index (χ3v) is 4.79. The SMILES string of the molecule is CC1(OCC(=O)O)CN(C2CC3CCC2C3)C1. The maximum Gasteiger partial charge on any atom is 0.329 e. The van der Waals surface area contributed by atoms with Crippen molar-refractivity contribution in [2.75, 3.05) is 19.7 Å². The lowest BCUT2D eigenvalue weighted by Crippen LogP contribution is -2.65. The Labute approximate surface area is 102 Å². The van der Waals surface area contributed by atoms with Crippen molar-refractivity contribution in [1.29, 1.82) is 0 Å². The average molecular weight is 239 g/mol. The van der Waals surface area contributed by atoms with Gasteiger partial charge < -0.3 is 9.84 Å². The van der Waals surface area contributed by atoms with Gasteiger partial charge in [0.2, 0.25) is 0 Å². The highest BCUT2D eigenvalue weighted by molar-refractivity contribution is 5.68. The first kappa shape index (κ1) is 11.5. The molecule has 0 aromatic rings. The summed E-state index contributed by atoms with van der Waals surface area (Å²) >= 11 is 0. The summed E-state index contributed by atoms with van der Waals surface area (Å²) in [7, 11) is 0. The maximum atomic E-state index is 10.5. The van der Waals surface area contributed by atoms with Crippen LogP contribution in [0.4, 0.5) is 0 Å². The van der Waals surface area contributed by atoms with Crippen LogP contribution >= 0.6 is 0 Å². The van der Waals surface area contributed by atoms with Gasteiger partial charge in [0.05, 0.1) is 5.60 Å². The highest BCUT2D eigenvalue weighted by atomic mass is 16.5. The summed E-state index contributed by atoms with van der Waals surface area (Å²) in [5.74, 6) is 1.01. The molecule has 1 saturated heterocycles. The Balaban J connectivity index is 1.49. The number of carboxylic acid groups (broad SMARTS) is 1. The Hall–Kier alpha value is -0.610. The fraction of sp³-hybridized carbons (Fsp3) is 0.923. The van der Waals surface area contributed by atoms with Gasteiger partial charge in [0.1, 0.15) is 6.61 Å². The van der Waals surface area contributed by atoms with Gasteiger partial charge in [0, 0.05) is 19.1 Å². The van der Waals surface area contributed by atoms with Crippen LogP contribution in [0.3, 0.4) is 0 Å². The van der Waals surface area contributed by atoms with Crippen molar-refractivity contribution in [3.05, 3.63) is 0 Å². The van der Waals surface area contributed by atoms with E-state index in [0.717, 1.165) is 31.0 Å². The molecule has 2 saturated carbocycles. The second-order valence-electron chi connectivity index (χ2n) is 6.28. The molecule has 4 heteroatoms. The molecule has 2 aliphatic carbocycles. The number of ether oxygens (including phenoxy) is 1. The summed E-state index contributed by atoms with van der Waals surface area (Å²) < 4.78 is 5.46. The van der Waals surface area contributed by atoms with E-state index in [9.17, 15) is 4.79 Å². The number of nitrogens with zero attached hydrogens (tertiary/aromatic N) is 1. The first-order chi connectivity index (χ1) is 8.06. The van der Waals surface area contributed by atoms with Gasteiger partial charge in [-0.15, -0.1) is 0 Å². The molecule has 3 aliphatic rings. The molecule has 3 rings (SSSR count). The molecule has 3 unspecified atom stereocenters. The molecule has 17 heavy (non-hydrogen) atoms. The largest absolute Gasteiger partial charge is 0.480 e. The number of carbonyl (C=O) groups is 1. The summed E-state index contributed by atoms with van der Waals surface area (Å²) in [4.78, 5) is 13.0. The monoisotopic (exact) mass is 239 g/mol. The van der Waals surface area contributed by atoms with Crippen molar-refractivity contribution in [3.8, 4) is 0 Å². The molecule has 0 spiro atoms. The molecule has 3 fully saturated rings. The zero-order valence-electron chi connectivity index (χ0n) is 10.4. The topological polar surface area (TPSA) is 49.8 Å². The van der Waals surface area contributed by atoms with Crippen molar-refractivity contribution in [3.63, 3.8) is 0 Å². The molecule has 4 nitrogen and oxygen atoms in total. The van der Waals surface area contributed by atoms with Crippen molar-refractivity contribution >= 4 is 5.97 Å². The van der Waals surface area contributed by atoms with Gasteiger partial charge in [-0.25, -0.2) is 4.79 Å². The van der Waals surface area contributed by atoms with Gasteiger partial charge in [-0.1, -0.05) is 6.42 Å². The van der Waals surface area contributed by atoms with E-state index in [2.05, 4.69) is 4.90 Å². The molecule has 1 N–H and O–H groups in total. The van der Waals surface area contributed by atoms with Gasteiger partial charge in [0.25, 0.3) is 0 Å². The van der Waals surface area contributed by atoms with Gasteiger partial charge in [-0.05, 0) is 38.0 Å². The number of carboxylic acids is 1. The third kappa shape index (κ3) is 2.08. The second-order valence-corrected chi connectivity index (χ2v) is 6.28. The summed E-state index contributed by atoms with van der Waals surface area (Å²) in [6.45, 7) is 3.68. The van der Waals surface area contributed by atoms with Crippen LogP contribution in [0.2, 0.25) is 0 Å². The van der Waals surface area contributed by atoms with E-state index in [4.69, 9.17) is 9.84 Å². The van der Waals surface area contributed by atoms with Gasteiger partial charge >= 0.3 is 5.97 Å². The first-order valence-corrected chi connectivity index (χ1v) is 6.65. The standard InChI is InChI=1S/C13H21NO3/c1-13(17-6-12(15)16)7-14(8-13)11-5-9-2-3-10(11)4-9/h9-11H,2-8H2,1H3,(H,15,16). The van der Waals surface area contributed by atoms with Crippen LogP contribution in [0, 0.1) is 11.8 Å². The number of fused-ring (bicyclic) bond motifs is 2. The van der Waals surface area contributed by atoms with Crippen molar-refractivity contribution in [2.45, 2.75) is 44.2 Å². The van der Waals surface area contributed by atoms with Crippen LogP contribution in [-0.4, -0.2) is 47.3 Å². The maximum absolute atomic E-state index is 10.5. The summed E-state index contributed by atoms with van der Waals surface area (Å²) in [6.07, 6.45) is 5.62. The number of hydrogen-bond acceptors (Lipinski definition) is 3. The van der Waals surface area contributed by atoms with E-state index in [1.807, 2.05) is 6.92 Å². The van der Waals surface area contributed by atoms with Gasteiger partial charge in [-0.2, -0.15) is 0 Å². The molecule has 0 aromatic carbocycles. The van der Waals surface area contributed by atoms with Gasteiger partial charge in [0.15, 0.2) is 0 Å². The molecular formula is C13H21NO3. The fourth-order valence-corrected chi connectivity index (χ4v) is 4.03. The van der Waals surface area contributed by atoms with Crippen molar-refractivity contribution < 1.29 is 14.6 Å². The highest BCUT2D eigenvalue weighted by Gasteiger charge is 2.49. The smallest absolute Gasteiger partial charge is 0.329 e. The minimum atomic E-state index is -0.871. The Morgan fingerprint density at radius 3 is 2.71 bits per heavy atom. The van der Waals surface area contributed by atoms with E-state index < -0.39 is 5.97 Å². The Kier molecular flexibility index (Phi) is 2.67. The van der Waals surface area contributed by atoms with Crippen LogP contribution < -0.4 is 0 Å². The molecule has 0 amide bonds. The Morgan fingerprint density at radius 1 is 1.41 bits per heavy atom. The minimum Gasteiger partial charge on any atom is -0.480 e. The zero-order chi connectivity index (χ0) is 12.0. The van der Waals surface area contributed by atoms with E-state index in [-0.39, 0.29) is 12.2 Å². The van der Waals surface area contributed by atoms with E-state index in [1.165, 1.54) is 25.7 Å². The number of hydrogen-bond donors (Lipinski definition) is 1. The lowest BCUT2D eigenvalue weighted by atomic mass is 9.87. The average Bonchev–Trinajstić information content (AvgIpc) is 2.83. The molecule has 1 heterocycles. The lowest BCUT2D eigenvalue weighted by molar-refractivity contribution is -0.171. The fourth-order valence-electron chi connectivity index (χ4n) is 4.03. The van der Waals surface area contributed by atoms with Crippen LogP contribution in [0.15, 0.2) is 0 Å². The number of likely N-dealkylation sites (tertiary alicyclic amines) is 1. The third-order valence-electron chi connectivity index (χ3n) is 4.79. The van der Waals surface area contributed by atoms with Crippen LogP contribution in [0.5, 0.6) is 0 Å². The summed E-state index contributed by atoms with van der Waals surface area (Å²) in [6, 6.07) is 0.759. The van der Waals surface area contributed by atoms with Crippen molar-refractivity contribution in [1.82, 2.24) is 4.90 Å². The lowest BCUT2D eigenvalue weighted by Gasteiger charge is -2.52. The van der Waals surface area contributed by atoms with Crippen LogP contribution in [-0.2, 0) is 9.53 Å². The Bertz CT molecular complexity index is 325.